The fourth-order valence-corrected chi connectivity index (χ4v) is 3.36. The predicted molar refractivity (Wildman–Crippen MR) is 83.2 cm³/mol. The molecule has 0 aliphatic rings. The zero-order chi connectivity index (χ0) is 15.7. The van der Waals surface area contributed by atoms with Crippen molar-refractivity contribution in [2.75, 3.05) is 7.11 Å². The monoisotopic (exact) mass is 317 g/mol. The summed E-state index contributed by atoms with van der Waals surface area (Å²) in [5.41, 5.74) is 1.16. The van der Waals surface area contributed by atoms with Crippen LogP contribution in [0.2, 0.25) is 0 Å². The molecule has 0 N–H and O–H groups in total. The Morgan fingerprint density at radius 2 is 2.32 bits per heavy atom. The number of thiazole rings is 1. The molecule has 2 aromatic heterocycles. The fourth-order valence-electron chi connectivity index (χ4n) is 2.25. The first-order valence-electron chi connectivity index (χ1n) is 6.82. The normalized spacial score (nSPS) is 12.0. The summed E-state index contributed by atoms with van der Waals surface area (Å²) >= 11 is 1.44. The molecule has 1 amide bonds. The van der Waals surface area contributed by atoms with Gasteiger partial charge in [0.2, 0.25) is 0 Å². The van der Waals surface area contributed by atoms with Crippen molar-refractivity contribution in [3.63, 3.8) is 0 Å². The molecule has 0 aliphatic carbocycles. The van der Waals surface area contributed by atoms with Gasteiger partial charge in [-0.05, 0) is 26.0 Å². The van der Waals surface area contributed by atoms with Gasteiger partial charge in [-0.25, -0.2) is 0 Å². The topological polar surface area (TPSA) is 69.6 Å². The number of para-hydroxylation sites is 1. The summed E-state index contributed by atoms with van der Waals surface area (Å²) in [6, 6.07) is 7.38. The third-order valence-electron chi connectivity index (χ3n) is 3.24. The Morgan fingerprint density at radius 3 is 2.95 bits per heavy atom. The number of aromatic nitrogens is 2. The van der Waals surface area contributed by atoms with Crippen molar-refractivity contribution in [1.29, 1.82) is 0 Å². The van der Waals surface area contributed by atoms with E-state index in [1.807, 2.05) is 29.7 Å². The zero-order valence-corrected chi connectivity index (χ0v) is 13.3. The summed E-state index contributed by atoms with van der Waals surface area (Å²) in [6.45, 7) is 4.42. The number of rotatable bonds is 3. The SMILES string of the molecule is CCn1c(=NC(=O)c2cc(C)on2)sc2cccc(OC)c21. The van der Waals surface area contributed by atoms with Crippen molar-refractivity contribution in [2.24, 2.45) is 4.99 Å². The first-order chi connectivity index (χ1) is 10.6. The zero-order valence-electron chi connectivity index (χ0n) is 12.5. The highest BCUT2D eigenvalue weighted by molar-refractivity contribution is 7.16. The summed E-state index contributed by atoms with van der Waals surface area (Å²) in [6.07, 6.45) is 0. The molecule has 114 valence electrons. The standard InChI is InChI=1S/C15H15N3O3S/c1-4-18-13-11(20-3)6-5-7-12(13)22-15(18)16-14(19)10-8-9(2)21-17-10/h5-8H,4H2,1-3H3. The molecule has 0 atom stereocenters. The Balaban J connectivity index is 2.18. The lowest BCUT2D eigenvalue weighted by Crippen LogP contribution is -2.16. The summed E-state index contributed by atoms with van der Waals surface area (Å²) in [4.78, 5) is 17.0. The van der Waals surface area contributed by atoms with Gasteiger partial charge in [0.05, 0.1) is 11.8 Å². The molecule has 0 bridgehead atoms. The molecule has 7 heteroatoms. The molecular weight excluding hydrogens is 302 g/mol. The van der Waals surface area contributed by atoms with Crippen LogP contribution in [0.15, 0.2) is 33.8 Å². The van der Waals surface area contributed by atoms with Crippen molar-refractivity contribution >= 4 is 27.5 Å². The third-order valence-corrected chi connectivity index (χ3v) is 4.29. The number of amides is 1. The largest absolute Gasteiger partial charge is 0.495 e. The van der Waals surface area contributed by atoms with Gasteiger partial charge >= 0.3 is 5.91 Å². The molecule has 0 fully saturated rings. The van der Waals surface area contributed by atoms with Gasteiger partial charge in [0.15, 0.2) is 10.5 Å². The molecule has 0 aliphatic heterocycles. The molecular formula is C15H15N3O3S. The van der Waals surface area contributed by atoms with Crippen LogP contribution in [-0.4, -0.2) is 22.7 Å². The van der Waals surface area contributed by atoms with Gasteiger partial charge in [-0.3, -0.25) is 4.79 Å². The van der Waals surface area contributed by atoms with Gasteiger partial charge in [0.25, 0.3) is 0 Å². The highest BCUT2D eigenvalue weighted by Crippen LogP contribution is 2.27. The van der Waals surface area contributed by atoms with Crippen LogP contribution in [0.3, 0.4) is 0 Å². The van der Waals surface area contributed by atoms with Crippen LogP contribution < -0.4 is 9.54 Å². The molecule has 0 spiro atoms. The van der Waals surface area contributed by atoms with Crippen LogP contribution in [0, 0.1) is 6.92 Å². The number of hydrogen-bond donors (Lipinski definition) is 0. The van der Waals surface area contributed by atoms with E-state index in [0.29, 0.717) is 17.1 Å². The molecule has 0 unspecified atom stereocenters. The van der Waals surface area contributed by atoms with Crippen molar-refractivity contribution < 1.29 is 14.1 Å². The van der Waals surface area contributed by atoms with E-state index in [0.717, 1.165) is 16.0 Å². The average Bonchev–Trinajstić information content (AvgIpc) is 3.09. The minimum absolute atomic E-state index is 0.213. The van der Waals surface area contributed by atoms with Crippen LogP contribution in [0.25, 0.3) is 10.2 Å². The number of fused-ring (bicyclic) bond motifs is 1. The maximum Gasteiger partial charge on any atom is 0.301 e. The molecule has 22 heavy (non-hydrogen) atoms. The molecule has 0 saturated heterocycles. The number of aryl methyl sites for hydroxylation is 2. The third kappa shape index (κ3) is 2.43. The quantitative estimate of drug-likeness (QED) is 0.745. The lowest BCUT2D eigenvalue weighted by Gasteiger charge is -2.05. The molecule has 0 radical (unpaired) electrons. The first-order valence-corrected chi connectivity index (χ1v) is 7.64. The van der Waals surface area contributed by atoms with E-state index in [9.17, 15) is 4.79 Å². The Labute approximate surface area is 130 Å². The fraction of sp³-hybridized carbons (Fsp3) is 0.267. The number of methoxy groups -OCH3 is 1. The van der Waals surface area contributed by atoms with Crippen LogP contribution in [-0.2, 0) is 6.54 Å². The number of carbonyl (C=O) groups excluding carboxylic acids is 1. The summed E-state index contributed by atoms with van der Waals surface area (Å²) in [5, 5.41) is 3.71. The number of hydrogen-bond acceptors (Lipinski definition) is 5. The number of nitrogens with zero attached hydrogens (tertiary/aromatic N) is 3. The van der Waals surface area contributed by atoms with Gasteiger partial charge < -0.3 is 13.8 Å². The van der Waals surface area contributed by atoms with E-state index < -0.39 is 5.91 Å². The molecule has 6 nitrogen and oxygen atoms in total. The highest BCUT2D eigenvalue weighted by atomic mass is 32.1. The van der Waals surface area contributed by atoms with E-state index in [1.165, 1.54) is 11.3 Å². The number of benzene rings is 1. The van der Waals surface area contributed by atoms with Crippen molar-refractivity contribution in [2.45, 2.75) is 20.4 Å². The molecule has 0 saturated carbocycles. The lowest BCUT2D eigenvalue weighted by atomic mass is 10.3. The Bertz CT molecular complexity index is 904. The molecule has 1 aromatic carbocycles. The van der Waals surface area contributed by atoms with Gasteiger partial charge in [-0.15, -0.1) is 0 Å². The molecule has 3 aromatic rings. The minimum atomic E-state index is -0.412. The molecule has 3 rings (SSSR count). The second-order valence-electron chi connectivity index (χ2n) is 4.68. The maximum absolute atomic E-state index is 12.2. The minimum Gasteiger partial charge on any atom is -0.495 e. The van der Waals surface area contributed by atoms with Crippen LogP contribution in [0.5, 0.6) is 5.75 Å². The number of carbonyl (C=O) groups is 1. The van der Waals surface area contributed by atoms with E-state index in [-0.39, 0.29) is 5.69 Å². The van der Waals surface area contributed by atoms with E-state index in [1.54, 1.807) is 20.1 Å². The van der Waals surface area contributed by atoms with Gasteiger partial charge in [0, 0.05) is 12.6 Å². The van der Waals surface area contributed by atoms with Gasteiger partial charge in [0.1, 0.15) is 17.0 Å². The van der Waals surface area contributed by atoms with Crippen LogP contribution >= 0.6 is 11.3 Å². The Hall–Kier alpha value is -2.41. The Kier molecular flexibility index (Phi) is 3.81. The van der Waals surface area contributed by atoms with Crippen LogP contribution in [0.4, 0.5) is 0 Å². The van der Waals surface area contributed by atoms with E-state index in [4.69, 9.17) is 9.26 Å². The summed E-state index contributed by atoms with van der Waals surface area (Å²) < 4.78 is 13.3. The van der Waals surface area contributed by atoms with E-state index in [2.05, 4.69) is 10.1 Å². The Morgan fingerprint density at radius 1 is 1.50 bits per heavy atom. The van der Waals surface area contributed by atoms with Crippen molar-refractivity contribution in [1.82, 2.24) is 9.72 Å². The van der Waals surface area contributed by atoms with E-state index >= 15 is 0 Å². The second kappa shape index (κ2) is 5.76. The lowest BCUT2D eigenvalue weighted by molar-refractivity contribution is 0.0989. The maximum atomic E-state index is 12.2. The van der Waals surface area contributed by atoms with Gasteiger partial charge in [-0.2, -0.15) is 4.99 Å². The smallest absolute Gasteiger partial charge is 0.301 e. The van der Waals surface area contributed by atoms with Crippen molar-refractivity contribution in [3.8, 4) is 5.75 Å². The predicted octanol–water partition coefficient (Wildman–Crippen LogP) is 2.77. The highest BCUT2D eigenvalue weighted by Gasteiger charge is 2.13. The molecule has 2 heterocycles. The second-order valence-corrected chi connectivity index (χ2v) is 5.68. The average molecular weight is 317 g/mol. The van der Waals surface area contributed by atoms with Crippen LogP contribution in [0.1, 0.15) is 23.2 Å². The van der Waals surface area contributed by atoms with Crippen molar-refractivity contribution in [3.05, 3.63) is 40.5 Å². The first kappa shape index (κ1) is 14.5. The number of ether oxygens (including phenoxy) is 1. The summed E-state index contributed by atoms with van der Waals surface area (Å²) in [5.74, 6) is 0.936. The summed E-state index contributed by atoms with van der Waals surface area (Å²) in [7, 11) is 1.63. The van der Waals surface area contributed by atoms with Gasteiger partial charge in [-0.1, -0.05) is 22.6 Å².